The summed E-state index contributed by atoms with van der Waals surface area (Å²) in [6.45, 7) is 0. The standard InChI is InChI=1S/C36H50S/c1-2-13-29-27(11-1)28-12-3-4-14-30(28)34-22-24(19-20-31(29)34)23-9-7-10-25(21-23)26-16-8-17-33-32-15-5-6-18-35(32)37-36(26)33/h6,8,17-18,22-23,25-32,34-35H,1-5,7,9-16,19-21H2. The van der Waals surface area contributed by atoms with Crippen molar-refractivity contribution in [2.24, 2.45) is 59.2 Å². The lowest BCUT2D eigenvalue weighted by molar-refractivity contribution is -0.0517. The molecule has 0 nitrogen and oxygen atoms in total. The normalized spacial score (nSPS) is 48.9. The average molecular weight is 515 g/mol. The van der Waals surface area contributed by atoms with E-state index in [1.807, 2.05) is 10.5 Å². The Morgan fingerprint density at radius 3 is 2.27 bits per heavy atom. The number of hydrogen-bond donors (Lipinski definition) is 0. The maximum Gasteiger partial charge on any atom is 0.0340 e. The molecule has 0 bridgehead atoms. The van der Waals surface area contributed by atoms with Gasteiger partial charge in [-0.1, -0.05) is 68.1 Å². The van der Waals surface area contributed by atoms with Crippen LogP contribution in [0.2, 0.25) is 0 Å². The van der Waals surface area contributed by atoms with Crippen molar-refractivity contribution >= 4 is 11.8 Å². The Balaban J connectivity index is 1.03. The molecule has 200 valence electrons. The van der Waals surface area contributed by atoms with Crippen molar-refractivity contribution < 1.29 is 0 Å². The van der Waals surface area contributed by atoms with Crippen LogP contribution in [0, 0.1) is 59.2 Å². The summed E-state index contributed by atoms with van der Waals surface area (Å²) in [5, 5.41) is 0.750. The van der Waals surface area contributed by atoms with E-state index in [0.29, 0.717) is 0 Å². The minimum absolute atomic E-state index is 0.750. The monoisotopic (exact) mass is 514 g/mol. The van der Waals surface area contributed by atoms with Gasteiger partial charge in [0.25, 0.3) is 0 Å². The van der Waals surface area contributed by atoms with Crippen LogP contribution in [-0.4, -0.2) is 5.25 Å². The van der Waals surface area contributed by atoms with Crippen molar-refractivity contribution in [1.82, 2.24) is 0 Å². The zero-order valence-electron chi connectivity index (χ0n) is 23.2. The molecule has 0 saturated heterocycles. The van der Waals surface area contributed by atoms with Gasteiger partial charge in [0.05, 0.1) is 0 Å². The topological polar surface area (TPSA) is 0 Å². The van der Waals surface area contributed by atoms with Crippen LogP contribution in [0.4, 0.5) is 0 Å². The second-order valence-corrected chi connectivity index (χ2v) is 15.8. The third-order valence-electron chi connectivity index (χ3n) is 13.2. The number of fused-ring (bicyclic) bond motifs is 8. The SMILES string of the molecule is C1=CC2SC3=C(C=CCC3C3CCCC(C4=CC5C6CCCCC6C6CCCCC6C5CC4)C3)C2CC1. The van der Waals surface area contributed by atoms with Gasteiger partial charge in [-0.2, -0.15) is 0 Å². The number of rotatable bonds is 2. The van der Waals surface area contributed by atoms with Crippen LogP contribution < -0.4 is 0 Å². The highest BCUT2D eigenvalue weighted by Gasteiger charge is 2.51. The van der Waals surface area contributed by atoms with E-state index in [1.165, 1.54) is 77.0 Å². The fourth-order valence-corrected chi connectivity index (χ4v) is 13.4. The third-order valence-corrected chi connectivity index (χ3v) is 14.7. The van der Waals surface area contributed by atoms with Crippen LogP contribution in [0.1, 0.15) is 109 Å². The molecular weight excluding hydrogens is 464 g/mol. The second kappa shape index (κ2) is 10.1. The summed E-state index contributed by atoms with van der Waals surface area (Å²) in [6, 6.07) is 0. The fraction of sp³-hybridized carbons (Fsp3) is 0.778. The molecule has 37 heavy (non-hydrogen) atoms. The molecule has 0 spiro atoms. The van der Waals surface area contributed by atoms with E-state index in [2.05, 4.69) is 42.1 Å². The van der Waals surface area contributed by atoms with Gasteiger partial charge in [-0.15, -0.1) is 11.8 Å². The summed E-state index contributed by atoms with van der Waals surface area (Å²) in [6.07, 6.45) is 38.6. The van der Waals surface area contributed by atoms with Crippen molar-refractivity contribution in [2.75, 3.05) is 0 Å². The molecule has 0 aromatic rings. The second-order valence-electron chi connectivity index (χ2n) is 14.6. The summed E-state index contributed by atoms with van der Waals surface area (Å²) in [5.74, 6) is 9.85. The molecule has 0 radical (unpaired) electrons. The highest BCUT2D eigenvalue weighted by molar-refractivity contribution is 8.04. The fourth-order valence-electron chi connectivity index (χ4n) is 11.7. The molecule has 7 aliphatic carbocycles. The summed E-state index contributed by atoms with van der Waals surface area (Å²) in [5.41, 5.74) is 3.73. The van der Waals surface area contributed by atoms with E-state index in [9.17, 15) is 0 Å². The van der Waals surface area contributed by atoms with Crippen molar-refractivity contribution in [2.45, 2.75) is 114 Å². The first-order chi connectivity index (χ1) is 18.3. The molecule has 0 amide bonds. The first-order valence-electron chi connectivity index (χ1n) is 16.8. The molecule has 0 aromatic heterocycles. The molecule has 4 saturated carbocycles. The van der Waals surface area contributed by atoms with E-state index in [-0.39, 0.29) is 0 Å². The molecular formula is C36H50S. The summed E-state index contributed by atoms with van der Waals surface area (Å²) in [4.78, 5) is 1.84. The summed E-state index contributed by atoms with van der Waals surface area (Å²) < 4.78 is 0. The Labute approximate surface area is 231 Å². The van der Waals surface area contributed by atoms with Crippen LogP contribution in [0.25, 0.3) is 0 Å². The Morgan fingerprint density at radius 1 is 0.676 bits per heavy atom. The van der Waals surface area contributed by atoms with Crippen molar-refractivity contribution in [3.8, 4) is 0 Å². The molecule has 11 atom stereocenters. The lowest BCUT2D eigenvalue weighted by atomic mass is 9.48. The van der Waals surface area contributed by atoms with Gasteiger partial charge in [-0.05, 0) is 141 Å². The molecule has 1 heterocycles. The zero-order valence-corrected chi connectivity index (χ0v) is 24.0. The zero-order chi connectivity index (χ0) is 24.3. The number of thioether (sulfide) groups is 1. The minimum Gasteiger partial charge on any atom is -0.122 e. The lowest BCUT2D eigenvalue weighted by Gasteiger charge is -2.57. The van der Waals surface area contributed by atoms with Crippen LogP contribution in [0.3, 0.4) is 0 Å². The highest BCUT2D eigenvalue weighted by Crippen LogP contribution is 2.60. The van der Waals surface area contributed by atoms with Crippen molar-refractivity contribution in [1.29, 1.82) is 0 Å². The summed E-state index contributed by atoms with van der Waals surface area (Å²) in [7, 11) is 0. The quantitative estimate of drug-likeness (QED) is 0.330. The molecule has 1 aliphatic heterocycles. The Kier molecular flexibility index (Phi) is 6.56. The van der Waals surface area contributed by atoms with Gasteiger partial charge < -0.3 is 0 Å². The van der Waals surface area contributed by atoms with Gasteiger partial charge in [-0.25, -0.2) is 0 Å². The van der Waals surface area contributed by atoms with Crippen molar-refractivity contribution in [3.63, 3.8) is 0 Å². The van der Waals surface area contributed by atoms with Gasteiger partial charge in [0, 0.05) is 11.2 Å². The third kappa shape index (κ3) is 4.14. The van der Waals surface area contributed by atoms with E-state index in [0.717, 1.165) is 64.4 Å². The highest BCUT2D eigenvalue weighted by atomic mass is 32.2. The Bertz CT molecular complexity index is 996. The molecule has 11 unspecified atom stereocenters. The lowest BCUT2D eigenvalue weighted by Crippen LogP contribution is -2.49. The van der Waals surface area contributed by atoms with Crippen LogP contribution in [0.5, 0.6) is 0 Å². The predicted molar refractivity (Wildman–Crippen MR) is 158 cm³/mol. The average Bonchev–Trinajstić information content (AvgIpc) is 3.36. The van der Waals surface area contributed by atoms with Gasteiger partial charge >= 0.3 is 0 Å². The molecule has 1 heteroatoms. The molecule has 8 rings (SSSR count). The largest absolute Gasteiger partial charge is 0.122 e. The maximum atomic E-state index is 3.00. The number of allylic oxidation sites excluding steroid dienone is 7. The first kappa shape index (κ1) is 24.1. The van der Waals surface area contributed by atoms with Crippen molar-refractivity contribution in [3.05, 3.63) is 46.4 Å². The van der Waals surface area contributed by atoms with E-state index in [4.69, 9.17) is 0 Å². The van der Waals surface area contributed by atoms with E-state index < -0.39 is 0 Å². The first-order valence-corrected chi connectivity index (χ1v) is 17.7. The molecule has 0 N–H and O–H groups in total. The van der Waals surface area contributed by atoms with Crippen LogP contribution >= 0.6 is 11.8 Å². The molecule has 8 aliphatic rings. The predicted octanol–water partition coefficient (Wildman–Crippen LogP) is 10.3. The van der Waals surface area contributed by atoms with Gasteiger partial charge in [-0.3, -0.25) is 0 Å². The number of hydrogen-bond acceptors (Lipinski definition) is 1. The van der Waals surface area contributed by atoms with Gasteiger partial charge in [0.2, 0.25) is 0 Å². The summed E-state index contributed by atoms with van der Waals surface area (Å²) >= 11 is 2.28. The van der Waals surface area contributed by atoms with Gasteiger partial charge in [0.1, 0.15) is 0 Å². The Morgan fingerprint density at radius 2 is 1.43 bits per heavy atom. The minimum atomic E-state index is 0.750. The van der Waals surface area contributed by atoms with Crippen LogP contribution in [0.15, 0.2) is 46.4 Å². The Hall–Kier alpha value is -0.690. The van der Waals surface area contributed by atoms with E-state index >= 15 is 0 Å². The smallest absolute Gasteiger partial charge is 0.0340 e. The molecule has 0 aromatic carbocycles. The molecule has 4 fully saturated rings. The maximum absolute atomic E-state index is 3.00. The van der Waals surface area contributed by atoms with Crippen LogP contribution in [-0.2, 0) is 0 Å². The van der Waals surface area contributed by atoms with E-state index in [1.54, 1.807) is 37.7 Å². The van der Waals surface area contributed by atoms with Gasteiger partial charge in [0.15, 0.2) is 0 Å².